The fourth-order valence-corrected chi connectivity index (χ4v) is 1.50. The number of amides is 1. The van der Waals surface area contributed by atoms with Crippen LogP contribution in [0.3, 0.4) is 0 Å². The maximum atomic E-state index is 12.6. The Hall–Kier alpha value is -1.37. The smallest absolute Gasteiger partial charge is 0.398 e. The number of alkyl halides is 3. The van der Waals surface area contributed by atoms with Gasteiger partial charge in [-0.2, -0.15) is 24.9 Å². The molecule has 0 aliphatic rings. The lowest BCUT2D eigenvalue weighted by molar-refractivity contribution is -0.136. The molecule has 1 aromatic rings. The Morgan fingerprint density at radius 3 is 2.56 bits per heavy atom. The van der Waals surface area contributed by atoms with Crippen LogP contribution in [0.1, 0.15) is 12.5 Å². The van der Waals surface area contributed by atoms with Crippen LogP contribution in [0.25, 0.3) is 0 Å². The largest absolute Gasteiger partial charge is 0.418 e. The van der Waals surface area contributed by atoms with Crippen LogP contribution in [-0.4, -0.2) is 17.4 Å². The SMILES string of the molecule is CSC(C)C(=O)Nc1ccc(N)c(C(F)(F)F)c1. The number of anilines is 2. The summed E-state index contributed by atoms with van der Waals surface area (Å²) >= 11 is 1.31. The number of carbonyl (C=O) groups is 1. The summed E-state index contributed by atoms with van der Waals surface area (Å²) in [6, 6.07) is 3.30. The third kappa shape index (κ3) is 3.56. The second kappa shape index (κ2) is 5.51. The van der Waals surface area contributed by atoms with Crippen LogP contribution in [0.5, 0.6) is 0 Å². The van der Waals surface area contributed by atoms with Crippen LogP contribution in [0.4, 0.5) is 24.5 Å². The molecule has 0 saturated heterocycles. The lowest BCUT2D eigenvalue weighted by atomic mass is 10.1. The fraction of sp³-hybridized carbons (Fsp3) is 0.364. The van der Waals surface area contributed by atoms with Gasteiger partial charge in [0.05, 0.1) is 10.8 Å². The van der Waals surface area contributed by atoms with E-state index in [1.807, 2.05) is 0 Å². The lowest BCUT2D eigenvalue weighted by Gasteiger charge is -2.14. The Morgan fingerprint density at radius 1 is 1.44 bits per heavy atom. The van der Waals surface area contributed by atoms with Gasteiger partial charge in [0, 0.05) is 11.4 Å². The van der Waals surface area contributed by atoms with Crippen molar-refractivity contribution in [3.63, 3.8) is 0 Å². The summed E-state index contributed by atoms with van der Waals surface area (Å²) in [5, 5.41) is 2.08. The first-order valence-corrected chi connectivity index (χ1v) is 6.35. The predicted octanol–water partition coefficient (Wildman–Crippen LogP) is 2.98. The number of carbonyl (C=O) groups excluding carboxylic acids is 1. The molecule has 0 aromatic heterocycles. The van der Waals surface area contributed by atoms with Crippen molar-refractivity contribution >= 4 is 29.0 Å². The zero-order chi connectivity index (χ0) is 13.9. The highest BCUT2D eigenvalue weighted by Gasteiger charge is 2.33. The third-order valence-corrected chi connectivity index (χ3v) is 3.27. The number of thioether (sulfide) groups is 1. The van der Waals surface area contributed by atoms with Crippen molar-refractivity contribution in [2.24, 2.45) is 0 Å². The van der Waals surface area contributed by atoms with Crippen molar-refractivity contribution in [1.29, 1.82) is 0 Å². The Morgan fingerprint density at radius 2 is 2.06 bits per heavy atom. The van der Waals surface area contributed by atoms with Gasteiger partial charge in [-0.25, -0.2) is 0 Å². The van der Waals surface area contributed by atoms with E-state index in [9.17, 15) is 18.0 Å². The summed E-state index contributed by atoms with van der Waals surface area (Å²) in [5.41, 5.74) is 4.03. The first-order chi connectivity index (χ1) is 8.25. The third-order valence-electron chi connectivity index (χ3n) is 2.35. The van der Waals surface area contributed by atoms with Gasteiger partial charge in [0.25, 0.3) is 0 Å². The topological polar surface area (TPSA) is 55.1 Å². The Kier molecular flexibility index (Phi) is 4.50. The van der Waals surface area contributed by atoms with Crippen molar-refractivity contribution in [2.75, 3.05) is 17.3 Å². The number of nitrogens with two attached hydrogens (primary N) is 1. The van der Waals surface area contributed by atoms with Crippen LogP contribution in [0.15, 0.2) is 18.2 Å². The zero-order valence-electron chi connectivity index (χ0n) is 9.84. The molecule has 100 valence electrons. The minimum absolute atomic E-state index is 0.0856. The molecule has 1 rings (SSSR count). The molecule has 1 atom stereocenters. The Labute approximate surface area is 107 Å². The van der Waals surface area contributed by atoms with Gasteiger partial charge in [-0.05, 0) is 31.4 Å². The predicted molar refractivity (Wildman–Crippen MR) is 67.5 cm³/mol. The lowest BCUT2D eigenvalue weighted by Crippen LogP contribution is -2.22. The average Bonchev–Trinajstić information content (AvgIpc) is 2.29. The number of hydrogen-bond donors (Lipinski definition) is 2. The van der Waals surface area contributed by atoms with Crippen molar-refractivity contribution in [3.05, 3.63) is 23.8 Å². The summed E-state index contributed by atoms with van der Waals surface area (Å²) in [4.78, 5) is 11.5. The number of nitrogens with one attached hydrogen (secondary N) is 1. The first-order valence-electron chi connectivity index (χ1n) is 5.06. The van der Waals surface area contributed by atoms with E-state index in [0.717, 1.165) is 12.1 Å². The highest BCUT2D eigenvalue weighted by molar-refractivity contribution is 7.99. The molecule has 0 fully saturated rings. The highest BCUT2D eigenvalue weighted by atomic mass is 32.2. The van der Waals surface area contributed by atoms with E-state index in [0.29, 0.717) is 0 Å². The molecule has 1 aromatic carbocycles. The average molecular weight is 278 g/mol. The Balaban J connectivity index is 2.96. The van der Waals surface area contributed by atoms with Gasteiger partial charge in [0.2, 0.25) is 5.91 Å². The standard InChI is InChI=1S/C11H13F3N2OS/c1-6(18-2)10(17)16-7-3-4-9(15)8(5-7)11(12,13)14/h3-6H,15H2,1-2H3,(H,16,17). The minimum Gasteiger partial charge on any atom is -0.398 e. The number of benzene rings is 1. The van der Waals surface area contributed by atoms with E-state index in [2.05, 4.69) is 5.32 Å². The number of nitrogen functional groups attached to an aromatic ring is 1. The molecule has 0 heterocycles. The molecule has 0 saturated carbocycles. The van der Waals surface area contributed by atoms with Gasteiger partial charge in [0.1, 0.15) is 0 Å². The fourth-order valence-electron chi connectivity index (χ4n) is 1.23. The van der Waals surface area contributed by atoms with E-state index < -0.39 is 11.7 Å². The maximum absolute atomic E-state index is 12.6. The molecule has 0 bridgehead atoms. The Bertz CT molecular complexity index is 448. The molecule has 0 aliphatic heterocycles. The second-order valence-electron chi connectivity index (χ2n) is 3.67. The van der Waals surface area contributed by atoms with E-state index in [1.165, 1.54) is 17.8 Å². The van der Waals surface area contributed by atoms with Gasteiger partial charge >= 0.3 is 6.18 Å². The summed E-state index contributed by atoms with van der Waals surface area (Å²) in [6.07, 6.45) is -2.79. The van der Waals surface area contributed by atoms with Crippen LogP contribution < -0.4 is 11.1 Å². The molecule has 7 heteroatoms. The minimum atomic E-state index is -4.53. The number of halogens is 3. The monoisotopic (exact) mass is 278 g/mol. The summed E-state index contributed by atoms with van der Waals surface area (Å²) in [6.45, 7) is 1.67. The molecule has 3 nitrogen and oxygen atoms in total. The number of hydrogen-bond acceptors (Lipinski definition) is 3. The van der Waals surface area contributed by atoms with Gasteiger partial charge in [-0.3, -0.25) is 4.79 Å². The summed E-state index contributed by atoms with van der Waals surface area (Å²) in [5.74, 6) is -0.347. The second-order valence-corrected chi connectivity index (χ2v) is 4.85. The van der Waals surface area contributed by atoms with Crippen LogP contribution in [-0.2, 0) is 11.0 Å². The van der Waals surface area contributed by atoms with E-state index in [-0.39, 0.29) is 22.5 Å². The van der Waals surface area contributed by atoms with E-state index in [1.54, 1.807) is 13.2 Å². The van der Waals surface area contributed by atoms with Crippen molar-refractivity contribution in [2.45, 2.75) is 18.3 Å². The van der Waals surface area contributed by atoms with E-state index >= 15 is 0 Å². The van der Waals surface area contributed by atoms with Gasteiger partial charge in [-0.15, -0.1) is 0 Å². The first kappa shape index (κ1) is 14.7. The van der Waals surface area contributed by atoms with Crippen molar-refractivity contribution in [3.8, 4) is 0 Å². The quantitative estimate of drug-likeness (QED) is 0.836. The number of rotatable bonds is 3. The maximum Gasteiger partial charge on any atom is 0.418 e. The molecule has 18 heavy (non-hydrogen) atoms. The van der Waals surface area contributed by atoms with Crippen molar-refractivity contribution < 1.29 is 18.0 Å². The molecule has 0 radical (unpaired) electrons. The summed E-state index contributed by atoms with van der Waals surface area (Å²) in [7, 11) is 0. The molecular formula is C11H13F3N2OS. The van der Waals surface area contributed by atoms with Gasteiger partial charge < -0.3 is 11.1 Å². The molecular weight excluding hydrogens is 265 g/mol. The van der Waals surface area contributed by atoms with Crippen molar-refractivity contribution in [1.82, 2.24) is 0 Å². The van der Waals surface area contributed by atoms with Crippen LogP contribution in [0.2, 0.25) is 0 Å². The van der Waals surface area contributed by atoms with Gasteiger partial charge in [0.15, 0.2) is 0 Å². The van der Waals surface area contributed by atoms with Gasteiger partial charge in [-0.1, -0.05) is 0 Å². The van der Waals surface area contributed by atoms with E-state index in [4.69, 9.17) is 5.73 Å². The van der Waals surface area contributed by atoms with Crippen LogP contribution >= 0.6 is 11.8 Å². The normalized spacial score (nSPS) is 13.2. The highest BCUT2D eigenvalue weighted by Crippen LogP contribution is 2.35. The molecule has 3 N–H and O–H groups in total. The molecule has 1 amide bonds. The van der Waals surface area contributed by atoms with Crippen LogP contribution in [0, 0.1) is 0 Å². The summed E-state index contributed by atoms with van der Waals surface area (Å²) < 4.78 is 37.8. The molecule has 0 aliphatic carbocycles. The zero-order valence-corrected chi connectivity index (χ0v) is 10.7. The molecule has 1 unspecified atom stereocenters. The molecule has 0 spiro atoms.